The molecule has 0 atom stereocenters. The van der Waals surface area contributed by atoms with Crippen molar-refractivity contribution in [1.29, 1.82) is 0 Å². The molecule has 0 amide bonds. The molecule has 2 nitrogen and oxygen atoms in total. The van der Waals surface area contributed by atoms with Crippen LogP contribution in [0, 0.1) is 0 Å². The highest BCUT2D eigenvalue weighted by Crippen LogP contribution is 2.24. The lowest BCUT2D eigenvalue weighted by atomic mass is 10.0. The molecular formula is C16H18O2Si. The number of hydrogen-bond acceptors (Lipinski definition) is 2. The maximum absolute atomic E-state index is 11.4. The minimum atomic E-state index is -0.604. The minimum absolute atomic E-state index is 0.0940. The van der Waals surface area contributed by atoms with Crippen molar-refractivity contribution in [3.05, 3.63) is 71.8 Å². The van der Waals surface area contributed by atoms with E-state index in [0.717, 1.165) is 0 Å². The fraction of sp³-hybridized carbons (Fsp3) is 0.188. The Morgan fingerprint density at radius 1 is 1.00 bits per heavy atom. The molecule has 2 aromatic carbocycles. The quantitative estimate of drug-likeness (QED) is 0.616. The standard InChI is InChI=1S/C16H18O2Si/c1-18-15(17)12-19-16(13-8-4-2-5-9-13)14-10-6-3-7-11-14/h2-11,16H,12,19H2,1H3. The van der Waals surface area contributed by atoms with Crippen LogP contribution < -0.4 is 0 Å². The van der Waals surface area contributed by atoms with Crippen molar-refractivity contribution in [3.8, 4) is 0 Å². The number of methoxy groups -OCH3 is 1. The van der Waals surface area contributed by atoms with E-state index in [1.165, 1.54) is 18.2 Å². The van der Waals surface area contributed by atoms with E-state index in [9.17, 15) is 4.79 Å². The zero-order chi connectivity index (χ0) is 13.5. The monoisotopic (exact) mass is 270 g/mol. The predicted molar refractivity (Wildman–Crippen MR) is 80.1 cm³/mol. The first kappa shape index (κ1) is 13.6. The topological polar surface area (TPSA) is 26.3 Å². The Morgan fingerprint density at radius 3 is 1.89 bits per heavy atom. The highest BCUT2D eigenvalue weighted by atomic mass is 28.2. The van der Waals surface area contributed by atoms with E-state index in [0.29, 0.717) is 11.6 Å². The molecule has 3 heteroatoms. The molecule has 0 N–H and O–H groups in total. The van der Waals surface area contributed by atoms with Gasteiger partial charge in [0.15, 0.2) is 0 Å². The maximum atomic E-state index is 11.4. The van der Waals surface area contributed by atoms with Gasteiger partial charge >= 0.3 is 5.97 Å². The van der Waals surface area contributed by atoms with Gasteiger partial charge in [0.2, 0.25) is 0 Å². The first-order chi connectivity index (χ1) is 9.31. The van der Waals surface area contributed by atoms with Crippen LogP contribution in [0.1, 0.15) is 16.7 Å². The highest BCUT2D eigenvalue weighted by molar-refractivity contribution is 6.43. The summed E-state index contributed by atoms with van der Waals surface area (Å²) in [5.74, 6) is -0.0940. The second kappa shape index (κ2) is 6.90. The van der Waals surface area contributed by atoms with Crippen LogP contribution in [0.3, 0.4) is 0 Å². The molecule has 0 saturated carbocycles. The van der Waals surface area contributed by atoms with Crippen molar-refractivity contribution < 1.29 is 9.53 Å². The fourth-order valence-corrected chi connectivity index (χ4v) is 4.20. The molecule has 0 aliphatic heterocycles. The molecule has 0 aliphatic rings. The zero-order valence-corrected chi connectivity index (χ0v) is 12.5. The number of hydrogen-bond donors (Lipinski definition) is 0. The van der Waals surface area contributed by atoms with Gasteiger partial charge in [-0.05, 0) is 16.7 Å². The van der Waals surface area contributed by atoms with E-state index >= 15 is 0 Å². The summed E-state index contributed by atoms with van der Waals surface area (Å²) < 4.78 is 4.77. The summed E-state index contributed by atoms with van der Waals surface area (Å²) in [5, 5.41) is 0. The summed E-state index contributed by atoms with van der Waals surface area (Å²) in [7, 11) is 0.851. The van der Waals surface area contributed by atoms with Crippen molar-refractivity contribution in [2.24, 2.45) is 0 Å². The molecule has 0 bridgehead atoms. The van der Waals surface area contributed by atoms with Gasteiger partial charge in [0.25, 0.3) is 0 Å². The van der Waals surface area contributed by atoms with Crippen LogP contribution in [0.15, 0.2) is 60.7 Å². The van der Waals surface area contributed by atoms with Crippen molar-refractivity contribution >= 4 is 15.5 Å². The minimum Gasteiger partial charge on any atom is -0.469 e. The van der Waals surface area contributed by atoms with Gasteiger partial charge in [-0.1, -0.05) is 60.7 Å². The molecule has 2 aromatic rings. The molecular weight excluding hydrogens is 252 g/mol. The van der Waals surface area contributed by atoms with E-state index in [1.807, 2.05) is 12.1 Å². The van der Waals surface area contributed by atoms with Crippen molar-refractivity contribution in [2.75, 3.05) is 7.11 Å². The average Bonchev–Trinajstić information content (AvgIpc) is 2.49. The molecule has 98 valence electrons. The van der Waals surface area contributed by atoms with Crippen LogP contribution in [-0.4, -0.2) is 22.6 Å². The van der Waals surface area contributed by atoms with E-state index in [2.05, 4.69) is 48.5 Å². The Balaban J connectivity index is 2.21. The van der Waals surface area contributed by atoms with Crippen LogP contribution in [0.2, 0.25) is 6.04 Å². The molecule has 0 spiro atoms. The fourth-order valence-electron chi connectivity index (χ4n) is 2.26. The van der Waals surface area contributed by atoms with E-state index in [4.69, 9.17) is 4.74 Å². The number of benzene rings is 2. The second-order valence-electron chi connectivity index (χ2n) is 4.49. The van der Waals surface area contributed by atoms with E-state index in [-0.39, 0.29) is 5.97 Å². The maximum Gasteiger partial charge on any atom is 0.302 e. The van der Waals surface area contributed by atoms with Crippen LogP contribution in [0.25, 0.3) is 0 Å². The Labute approximate surface area is 116 Å². The van der Waals surface area contributed by atoms with Crippen molar-refractivity contribution in [3.63, 3.8) is 0 Å². The highest BCUT2D eigenvalue weighted by Gasteiger charge is 2.16. The Bertz CT molecular complexity index is 471. The lowest BCUT2D eigenvalue weighted by Crippen LogP contribution is -2.14. The van der Waals surface area contributed by atoms with Crippen LogP contribution >= 0.6 is 0 Å². The molecule has 0 fully saturated rings. The largest absolute Gasteiger partial charge is 0.469 e. The lowest BCUT2D eigenvalue weighted by Gasteiger charge is -2.17. The SMILES string of the molecule is COC(=O)C[SiH2]C(c1ccccc1)c1ccccc1. The number of esters is 1. The molecule has 19 heavy (non-hydrogen) atoms. The van der Waals surface area contributed by atoms with Gasteiger partial charge in [-0.25, -0.2) is 0 Å². The van der Waals surface area contributed by atoms with Crippen LogP contribution in [0.4, 0.5) is 0 Å². The van der Waals surface area contributed by atoms with Gasteiger partial charge in [-0.3, -0.25) is 4.79 Å². The smallest absolute Gasteiger partial charge is 0.302 e. The number of rotatable bonds is 5. The summed E-state index contributed by atoms with van der Waals surface area (Å²) in [5.41, 5.74) is 2.97. The van der Waals surface area contributed by atoms with Crippen molar-refractivity contribution in [2.45, 2.75) is 11.6 Å². The van der Waals surface area contributed by atoms with E-state index in [1.54, 1.807) is 0 Å². The van der Waals surface area contributed by atoms with Crippen LogP contribution in [0.5, 0.6) is 0 Å². The normalized spacial score (nSPS) is 11.1. The number of carbonyl (C=O) groups excluding carboxylic acids is 1. The molecule has 0 aliphatic carbocycles. The number of carbonyl (C=O) groups is 1. The van der Waals surface area contributed by atoms with Gasteiger partial charge < -0.3 is 4.74 Å². The molecule has 0 unspecified atom stereocenters. The lowest BCUT2D eigenvalue weighted by molar-refractivity contribution is -0.137. The Hall–Kier alpha value is -1.87. The third-order valence-corrected chi connectivity index (χ3v) is 5.49. The van der Waals surface area contributed by atoms with Gasteiger partial charge in [-0.15, -0.1) is 0 Å². The third kappa shape index (κ3) is 3.79. The first-order valence-corrected chi connectivity index (χ1v) is 8.29. The average molecular weight is 270 g/mol. The van der Waals surface area contributed by atoms with Gasteiger partial charge in [0, 0.05) is 15.6 Å². The van der Waals surface area contributed by atoms with Gasteiger partial charge in [0.1, 0.15) is 0 Å². The van der Waals surface area contributed by atoms with Gasteiger partial charge in [-0.2, -0.15) is 0 Å². The second-order valence-corrected chi connectivity index (χ2v) is 6.38. The summed E-state index contributed by atoms with van der Waals surface area (Å²) in [6.07, 6.45) is 0. The Kier molecular flexibility index (Phi) is 4.92. The van der Waals surface area contributed by atoms with E-state index < -0.39 is 9.52 Å². The summed E-state index contributed by atoms with van der Waals surface area (Å²) >= 11 is 0. The first-order valence-electron chi connectivity index (χ1n) is 6.48. The van der Waals surface area contributed by atoms with Crippen LogP contribution in [-0.2, 0) is 9.53 Å². The summed E-state index contributed by atoms with van der Waals surface area (Å²) in [6.45, 7) is 0. The number of ether oxygens (including phenoxy) is 1. The predicted octanol–water partition coefficient (Wildman–Crippen LogP) is 2.54. The molecule has 0 saturated heterocycles. The van der Waals surface area contributed by atoms with Crippen molar-refractivity contribution in [1.82, 2.24) is 0 Å². The molecule has 0 radical (unpaired) electrons. The molecule has 0 heterocycles. The summed E-state index contributed by atoms with van der Waals surface area (Å²) in [4.78, 5) is 11.4. The summed E-state index contributed by atoms with van der Waals surface area (Å²) in [6, 6.07) is 21.4. The molecule has 2 rings (SSSR count). The Morgan fingerprint density at radius 2 is 1.47 bits per heavy atom. The molecule has 0 aromatic heterocycles. The van der Waals surface area contributed by atoms with Gasteiger partial charge in [0.05, 0.1) is 7.11 Å². The zero-order valence-electron chi connectivity index (χ0n) is 11.1. The third-order valence-electron chi connectivity index (χ3n) is 3.27.